The van der Waals surface area contributed by atoms with Crippen LogP contribution < -0.4 is 15.9 Å². The molecule has 214 valence electrons. The number of amides is 1. The number of unbranched alkanes of at least 4 members (excludes halogenated alkanes) is 3. The molecule has 1 atom stereocenters. The highest BCUT2D eigenvalue weighted by Crippen LogP contribution is 2.56. The van der Waals surface area contributed by atoms with Gasteiger partial charge in [0.15, 0.2) is 0 Å². The van der Waals surface area contributed by atoms with Crippen molar-refractivity contribution in [2.24, 2.45) is 0 Å². The first-order valence-corrected chi connectivity index (χ1v) is 17.6. The summed E-state index contributed by atoms with van der Waals surface area (Å²) < 4.78 is 0. The number of rotatable bonds is 14. The van der Waals surface area contributed by atoms with Crippen LogP contribution in [-0.4, -0.2) is 53.6 Å². The van der Waals surface area contributed by atoms with Crippen molar-refractivity contribution in [2.75, 3.05) is 32.3 Å². The largest absolute Gasteiger partial charge is 0.340 e. The minimum Gasteiger partial charge on any atom is -0.340 e. The first-order valence-electron chi connectivity index (χ1n) is 15.6. The first kappa shape index (κ1) is 30.5. The maximum absolute atomic E-state index is 13.0. The Morgan fingerprint density at radius 2 is 1.18 bits per heavy atom. The molecule has 0 aliphatic carbocycles. The molecule has 4 rings (SSSR count). The third-order valence-electron chi connectivity index (χ3n) is 9.17. The first-order chi connectivity index (χ1) is 19.5. The fraction of sp³-hybridized carbons (Fsp3) is 0.472. The Kier molecular flexibility index (Phi) is 11.4. The van der Waals surface area contributed by atoms with Gasteiger partial charge >= 0.3 is 0 Å². The lowest BCUT2D eigenvalue weighted by Crippen LogP contribution is -2.56. The number of carbonyl (C=O) groups is 1. The predicted octanol–water partition coefficient (Wildman–Crippen LogP) is 7.04. The second-order valence-corrected chi connectivity index (χ2v) is 15.3. The average Bonchev–Trinajstić information content (AvgIpc) is 3.02. The Morgan fingerprint density at radius 3 is 1.62 bits per heavy atom. The van der Waals surface area contributed by atoms with E-state index >= 15 is 0 Å². The van der Waals surface area contributed by atoms with Gasteiger partial charge in [-0.25, -0.2) is 0 Å². The minimum absolute atomic E-state index is 0.279. The van der Waals surface area contributed by atoms with E-state index in [4.69, 9.17) is 0 Å². The fourth-order valence-electron chi connectivity index (χ4n) is 6.61. The van der Waals surface area contributed by atoms with Crippen LogP contribution in [0.2, 0.25) is 0 Å². The lowest BCUT2D eigenvalue weighted by molar-refractivity contribution is -0.134. The molecule has 0 radical (unpaired) electrons. The zero-order chi connectivity index (χ0) is 28.3. The summed E-state index contributed by atoms with van der Waals surface area (Å²) in [7, 11) is -1.75. The summed E-state index contributed by atoms with van der Waals surface area (Å²) in [4.78, 5) is 17.8. The molecule has 1 aliphatic heterocycles. The van der Waals surface area contributed by atoms with Gasteiger partial charge < -0.3 is 4.90 Å². The molecule has 0 spiro atoms. The van der Waals surface area contributed by atoms with E-state index in [2.05, 4.69) is 122 Å². The van der Waals surface area contributed by atoms with Gasteiger partial charge in [0.05, 0.1) is 6.16 Å². The lowest BCUT2D eigenvalue weighted by atomic mass is 9.90. The molecule has 1 heterocycles. The van der Waals surface area contributed by atoms with Gasteiger partial charge in [-0.1, -0.05) is 81.3 Å². The highest BCUT2D eigenvalue weighted by Gasteiger charge is 2.44. The molecule has 0 aromatic heterocycles. The molecule has 1 aliphatic rings. The second kappa shape index (κ2) is 14.9. The Morgan fingerprint density at radius 1 is 0.700 bits per heavy atom. The Hall–Kier alpha value is -2.48. The van der Waals surface area contributed by atoms with E-state index in [-0.39, 0.29) is 5.54 Å². The number of nitrogens with zero attached hydrogens (tertiary/aromatic N) is 2. The standard InChI is InChI=1S/C36H50N2OP/c1-4-26-36(3,5-2)38-29-27-37(28-30-38)35(39)25-17-6-7-18-31-40(32-19-11-8-12-20-32,33-21-13-9-14-22-33)34-23-15-10-16-24-34/h8-16,19-24H,4-7,17-18,25-31H2,1-3H3/q+1. The molecule has 4 heteroatoms. The summed E-state index contributed by atoms with van der Waals surface area (Å²) in [5.41, 5.74) is 0.279. The van der Waals surface area contributed by atoms with Crippen LogP contribution in [0.15, 0.2) is 91.0 Å². The molecule has 1 fully saturated rings. The summed E-state index contributed by atoms with van der Waals surface area (Å²) in [5.74, 6) is 0.355. The molecule has 40 heavy (non-hydrogen) atoms. The van der Waals surface area contributed by atoms with Crippen molar-refractivity contribution in [3.8, 4) is 0 Å². The zero-order valence-corrected chi connectivity index (χ0v) is 26.0. The number of benzene rings is 3. The van der Waals surface area contributed by atoms with Crippen LogP contribution in [-0.2, 0) is 4.79 Å². The molecule has 0 N–H and O–H groups in total. The van der Waals surface area contributed by atoms with Crippen molar-refractivity contribution in [1.29, 1.82) is 0 Å². The van der Waals surface area contributed by atoms with Crippen molar-refractivity contribution in [3.63, 3.8) is 0 Å². The summed E-state index contributed by atoms with van der Waals surface area (Å²) in [6.45, 7) is 10.8. The number of piperazine rings is 1. The molecule has 3 nitrogen and oxygen atoms in total. The SMILES string of the molecule is CCCC(C)(CC)N1CCN(C(=O)CCCCCC[P+](c2ccccc2)(c2ccccc2)c2ccccc2)CC1. The van der Waals surface area contributed by atoms with Crippen molar-refractivity contribution in [1.82, 2.24) is 9.80 Å². The minimum atomic E-state index is -1.75. The van der Waals surface area contributed by atoms with E-state index in [1.165, 1.54) is 48.0 Å². The Balaban J connectivity index is 1.32. The molecule has 0 saturated carbocycles. The predicted molar refractivity (Wildman–Crippen MR) is 175 cm³/mol. The number of hydrogen-bond acceptors (Lipinski definition) is 2. The lowest BCUT2D eigenvalue weighted by Gasteiger charge is -2.46. The molecule has 1 amide bonds. The monoisotopic (exact) mass is 557 g/mol. The van der Waals surface area contributed by atoms with E-state index in [9.17, 15) is 4.79 Å². The van der Waals surface area contributed by atoms with E-state index in [1.807, 2.05) is 0 Å². The van der Waals surface area contributed by atoms with Crippen LogP contribution in [0, 0.1) is 0 Å². The van der Waals surface area contributed by atoms with Gasteiger partial charge in [0, 0.05) is 38.1 Å². The third-order valence-corrected chi connectivity index (χ3v) is 13.7. The number of carbonyl (C=O) groups excluding carboxylic acids is 1. The van der Waals surface area contributed by atoms with Gasteiger partial charge in [-0.2, -0.15) is 0 Å². The summed E-state index contributed by atoms with van der Waals surface area (Å²) in [6.07, 6.45) is 9.94. The van der Waals surface area contributed by atoms with Crippen LogP contribution in [0.3, 0.4) is 0 Å². The van der Waals surface area contributed by atoms with E-state index in [0.717, 1.165) is 45.2 Å². The van der Waals surface area contributed by atoms with Crippen LogP contribution in [0.1, 0.15) is 72.1 Å². The van der Waals surface area contributed by atoms with Gasteiger partial charge in [-0.15, -0.1) is 0 Å². The van der Waals surface area contributed by atoms with Crippen LogP contribution in [0.25, 0.3) is 0 Å². The van der Waals surface area contributed by atoms with Gasteiger partial charge in [-0.3, -0.25) is 9.69 Å². The smallest absolute Gasteiger partial charge is 0.222 e. The highest BCUT2D eigenvalue weighted by molar-refractivity contribution is 7.95. The molecular weight excluding hydrogens is 507 g/mol. The van der Waals surface area contributed by atoms with Crippen molar-refractivity contribution in [3.05, 3.63) is 91.0 Å². The van der Waals surface area contributed by atoms with Gasteiger partial charge in [0.25, 0.3) is 0 Å². The van der Waals surface area contributed by atoms with Gasteiger partial charge in [-0.05, 0) is 75.4 Å². The van der Waals surface area contributed by atoms with Gasteiger partial charge in [0.1, 0.15) is 23.2 Å². The average molecular weight is 558 g/mol. The summed E-state index contributed by atoms with van der Waals surface area (Å²) in [6, 6.07) is 33.5. The molecular formula is C36H50N2OP+. The maximum atomic E-state index is 13.0. The Labute approximate surface area is 244 Å². The van der Waals surface area contributed by atoms with E-state index in [0.29, 0.717) is 12.3 Å². The molecule has 0 bridgehead atoms. The van der Waals surface area contributed by atoms with Crippen molar-refractivity contribution >= 4 is 29.1 Å². The highest BCUT2D eigenvalue weighted by atomic mass is 31.2. The number of hydrogen-bond donors (Lipinski definition) is 0. The maximum Gasteiger partial charge on any atom is 0.222 e. The summed E-state index contributed by atoms with van der Waals surface area (Å²) in [5, 5.41) is 4.37. The van der Waals surface area contributed by atoms with Crippen LogP contribution >= 0.6 is 7.26 Å². The summed E-state index contributed by atoms with van der Waals surface area (Å²) >= 11 is 0. The fourth-order valence-corrected chi connectivity index (χ4v) is 11.0. The molecule has 1 unspecified atom stereocenters. The molecule has 1 saturated heterocycles. The van der Waals surface area contributed by atoms with Crippen molar-refractivity contribution < 1.29 is 4.79 Å². The van der Waals surface area contributed by atoms with Gasteiger partial charge in [0.2, 0.25) is 5.91 Å². The topological polar surface area (TPSA) is 23.6 Å². The second-order valence-electron chi connectivity index (χ2n) is 11.7. The van der Waals surface area contributed by atoms with E-state index < -0.39 is 7.26 Å². The zero-order valence-electron chi connectivity index (χ0n) is 25.1. The normalized spacial score (nSPS) is 16.0. The molecule has 3 aromatic rings. The molecule has 3 aromatic carbocycles. The third kappa shape index (κ3) is 7.23. The van der Waals surface area contributed by atoms with E-state index in [1.54, 1.807) is 0 Å². The Bertz CT molecular complexity index is 1050. The van der Waals surface area contributed by atoms with Crippen LogP contribution in [0.5, 0.6) is 0 Å². The van der Waals surface area contributed by atoms with Crippen molar-refractivity contribution in [2.45, 2.75) is 77.7 Å². The quantitative estimate of drug-likeness (QED) is 0.157. The van der Waals surface area contributed by atoms with Crippen LogP contribution in [0.4, 0.5) is 0 Å².